The zero-order valence-electron chi connectivity index (χ0n) is 25.2. The van der Waals surface area contributed by atoms with Crippen LogP contribution in [0, 0.1) is 11.3 Å². The van der Waals surface area contributed by atoms with Gasteiger partial charge < -0.3 is 15.0 Å². The van der Waals surface area contributed by atoms with Gasteiger partial charge in [-0.15, -0.1) is 10.2 Å². The van der Waals surface area contributed by atoms with Gasteiger partial charge in [0.25, 0.3) is 5.91 Å². The van der Waals surface area contributed by atoms with Gasteiger partial charge in [0.1, 0.15) is 11.8 Å². The molecule has 1 aromatic carbocycles. The number of nitrogens with one attached hydrogen (secondary N) is 2. The number of imide groups is 1. The van der Waals surface area contributed by atoms with E-state index in [1.165, 1.54) is 4.90 Å². The van der Waals surface area contributed by atoms with Gasteiger partial charge in [-0.25, -0.2) is 4.79 Å². The summed E-state index contributed by atoms with van der Waals surface area (Å²) in [6.07, 6.45) is 5.12. The second-order valence-corrected chi connectivity index (χ2v) is 12.0. The molecule has 2 N–H and O–H groups in total. The highest BCUT2D eigenvalue weighted by Gasteiger charge is 2.26. The first-order valence-electron chi connectivity index (χ1n) is 15.4. The van der Waals surface area contributed by atoms with Crippen LogP contribution in [0.2, 0.25) is 5.02 Å². The summed E-state index contributed by atoms with van der Waals surface area (Å²) in [7, 11) is 0. The molecule has 0 atom stereocenters. The molecule has 46 heavy (non-hydrogen) atoms. The number of pyridine rings is 1. The van der Waals surface area contributed by atoms with Gasteiger partial charge in [0, 0.05) is 57.8 Å². The molecule has 14 heteroatoms. The molecule has 2 aromatic heterocycles. The number of ether oxygens (including phenoxy) is 1. The van der Waals surface area contributed by atoms with Crippen LogP contribution in [0.5, 0.6) is 5.75 Å². The molecule has 3 fully saturated rings. The number of carbonyl (C=O) groups excluding carboxylic acids is 3. The first-order chi connectivity index (χ1) is 22.3. The minimum absolute atomic E-state index is 0.0247. The molecule has 2 aliphatic heterocycles. The number of anilines is 2. The van der Waals surface area contributed by atoms with E-state index in [0.717, 1.165) is 63.4 Å². The largest absolute Gasteiger partial charge is 0.490 e. The van der Waals surface area contributed by atoms with Gasteiger partial charge >= 0.3 is 6.03 Å². The monoisotopic (exact) mass is 643 g/mol. The fourth-order valence-electron chi connectivity index (χ4n) is 5.90. The van der Waals surface area contributed by atoms with E-state index < -0.39 is 6.03 Å². The molecule has 6 rings (SSSR count). The average molecular weight is 644 g/mol. The van der Waals surface area contributed by atoms with Gasteiger partial charge in [-0.1, -0.05) is 11.6 Å². The first kappa shape index (κ1) is 31.2. The van der Waals surface area contributed by atoms with Gasteiger partial charge in [0.2, 0.25) is 5.91 Å². The lowest BCUT2D eigenvalue weighted by Gasteiger charge is -2.35. The summed E-state index contributed by atoms with van der Waals surface area (Å²) in [4.78, 5) is 46.9. The zero-order valence-corrected chi connectivity index (χ0v) is 25.9. The predicted molar refractivity (Wildman–Crippen MR) is 170 cm³/mol. The predicted octanol–water partition coefficient (Wildman–Crippen LogP) is 3.29. The third-order valence-corrected chi connectivity index (χ3v) is 8.83. The van der Waals surface area contributed by atoms with Crippen LogP contribution in [0.3, 0.4) is 0 Å². The Kier molecular flexibility index (Phi) is 9.56. The minimum Gasteiger partial charge on any atom is -0.490 e. The molecule has 2 saturated heterocycles. The van der Waals surface area contributed by atoms with Crippen LogP contribution in [0.4, 0.5) is 16.3 Å². The third-order valence-electron chi connectivity index (χ3n) is 8.51. The summed E-state index contributed by atoms with van der Waals surface area (Å²) >= 11 is 6.12. The Morgan fingerprint density at radius 1 is 1.02 bits per heavy atom. The molecule has 4 amide bonds. The highest BCUT2D eigenvalue weighted by Crippen LogP contribution is 2.27. The topological polar surface area (TPSA) is 157 Å². The molecule has 3 aliphatic rings. The summed E-state index contributed by atoms with van der Waals surface area (Å²) in [6, 6.07) is 14.1. The highest BCUT2D eigenvalue weighted by atomic mass is 35.5. The van der Waals surface area contributed by atoms with Crippen LogP contribution in [0.15, 0.2) is 48.7 Å². The maximum Gasteiger partial charge on any atom is 0.328 e. The van der Waals surface area contributed by atoms with Crippen molar-refractivity contribution in [3.05, 3.63) is 70.6 Å². The fourth-order valence-corrected chi connectivity index (χ4v) is 6.11. The lowest BCUT2D eigenvalue weighted by Crippen LogP contribution is -2.49. The van der Waals surface area contributed by atoms with Gasteiger partial charge in [0.05, 0.1) is 34.3 Å². The van der Waals surface area contributed by atoms with Gasteiger partial charge in [-0.3, -0.25) is 29.7 Å². The number of piperazine rings is 1. The molecule has 0 radical (unpaired) electrons. The number of rotatable bonds is 8. The minimum atomic E-state index is -0.420. The smallest absolute Gasteiger partial charge is 0.328 e. The summed E-state index contributed by atoms with van der Waals surface area (Å²) in [6.45, 7) is 4.18. The normalized spacial score (nSPS) is 20.5. The molecule has 3 aromatic rings. The summed E-state index contributed by atoms with van der Waals surface area (Å²) in [5.41, 5.74) is 2.27. The second-order valence-electron chi connectivity index (χ2n) is 11.6. The quantitative estimate of drug-likeness (QED) is 0.373. The van der Waals surface area contributed by atoms with Gasteiger partial charge in [-0.2, -0.15) is 5.26 Å². The van der Waals surface area contributed by atoms with Crippen LogP contribution in [-0.2, 0) is 11.3 Å². The first-order valence-corrected chi connectivity index (χ1v) is 15.8. The van der Waals surface area contributed by atoms with Crippen molar-refractivity contribution in [3.8, 4) is 11.8 Å². The second kappa shape index (κ2) is 14.1. The summed E-state index contributed by atoms with van der Waals surface area (Å²) < 4.78 is 6.05. The van der Waals surface area contributed by atoms with Crippen LogP contribution >= 0.6 is 11.6 Å². The standard InChI is InChI=1S/C32H34ClN9O4/c33-27-17-26(6-1-21(27)18-34)46-25-7-3-22(4-8-25)36-31(44)28-9-10-29(39-38-28)41-15-13-40(14-16-41)20-23-2-5-24(19-35-23)42-12-11-30(43)37-32(42)45/h1-2,5-6,9-10,17,19,22,25H,3-4,7-8,11-16,20H2,(H,36,44)(H,37,43,45). The fraction of sp³-hybridized carbons (Fsp3) is 0.406. The molecule has 1 aliphatic carbocycles. The number of nitrogens with zero attached hydrogens (tertiary/aromatic N) is 7. The Labute approximate surface area is 271 Å². The maximum atomic E-state index is 12.9. The molecule has 4 heterocycles. The Morgan fingerprint density at radius 3 is 2.48 bits per heavy atom. The van der Waals surface area contributed by atoms with Crippen molar-refractivity contribution in [1.82, 2.24) is 30.7 Å². The number of carbonyl (C=O) groups is 3. The number of benzene rings is 1. The van der Waals surface area contributed by atoms with Crippen molar-refractivity contribution in [2.24, 2.45) is 0 Å². The van der Waals surface area contributed by atoms with E-state index in [1.54, 1.807) is 30.5 Å². The Morgan fingerprint density at radius 2 is 1.83 bits per heavy atom. The molecule has 1 saturated carbocycles. The Balaban J connectivity index is 0.923. The molecule has 13 nitrogen and oxygen atoms in total. The number of hydrogen-bond acceptors (Lipinski definition) is 10. The molecular formula is C32H34ClN9O4. The van der Waals surface area contributed by atoms with Crippen LogP contribution in [0.1, 0.15) is 53.8 Å². The number of amides is 4. The van der Waals surface area contributed by atoms with Gasteiger partial charge in [-0.05, 0) is 62.1 Å². The molecular weight excluding hydrogens is 610 g/mol. The van der Waals surface area contributed by atoms with Crippen molar-refractivity contribution in [2.45, 2.75) is 50.8 Å². The average Bonchev–Trinajstić information content (AvgIpc) is 3.07. The van der Waals surface area contributed by atoms with Crippen LogP contribution < -0.4 is 25.2 Å². The van der Waals surface area contributed by atoms with E-state index in [-0.39, 0.29) is 36.1 Å². The van der Waals surface area contributed by atoms with Crippen molar-refractivity contribution in [2.75, 3.05) is 42.5 Å². The van der Waals surface area contributed by atoms with E-state index in [1.807, 2.05) is 24.3 Å². The van der Waals surface area contributed by atoms with Crippen molar-refractivity contribution in [3.63, 3.8) is 0 Å². The molecule has 0 spiro atoms. The number of aromatic nitrogens is 3. The van der Waals surface area contributed by atoms with Gasteiger partial charge in [0.15, 0.2) is 11.5 Å². The van der Waals surface area contributed by atoms with Crippen molar-refractivity contribution >= 4 is 41.0 Å². The number of urea groups is 1. The number of halogens is 1. The van der Waals surface area contributed by atoms with E-state index in [4.69, 9.17) is 21.6 Å². The maximum absolute atomic E-state index is 12.9. The van der Waals surface area contributed by atoms with Crippen molar-refractivity contribution < 1.29 is 19.1 Å². The van der Waals surface area contributed by atoms with Crippen molar-refractivity contribution in [1.29, 1.82) is 5.26 Å². The van der Waals surface area contributed by atoms with E-state index in [2.05, 4.69) is 35.6 Å². The lowest BCUT2D eigenvalue weighted by molar-refractivity contribution is -0.120. The highest BCUT2D eigenvalue weighted by molar-refractivity contribution is 6.31. The molecule has 0 bridgehead atoms. The van der Waals surface area contributed by atoms with Crippen LogP contribution in [0.25, 0.3) is 0 Å². The number of nitriles is 1. The van der Waals surface area contributed by atoms with E-state index in [0.29, 0.717) is 35.1 Å². The zero-order chi connectivity index (χ0) is 32.0. The SMILES string of the molecule is N#Cc1ccc(OC2CCC(NC(=O)c3ccc(N4CCN(Cc5ccc(N6CCC(=O)NC6=O)cn5)CC4)nn3)CC2)cc1Cl. The number of hydrogen-bond donors (Lipinski definition) is 2. The van der Waals surface area contributed by atoms with E-state index in [9.17, 15) is 14.4 Å². The molecule has 0 unspecified atom stereocenters. The Bertz CT molecular complexity index is 1610. The third kappa shape index (κ3) is 7.52. The Hall–Kier alpha value is -4.80. The summed E-state index contributed by atoms with van der Waals surface area (Å²) in [5, 5.41) is 23.4. The summed E-state index contributed by atoms with van der Waals surface area (Å²) in [5.74, 6) is 0.877. The molecule has 238 valence electrons. The lowest BCUT2D eigenvalue weighted by atomic mass is 9.93. The van der Waals surface area contributed by atoms with Crippen LogP contribution in [-0.4, -0.2) is 82.8 Å². The van der Waals surface area contributed by atoms with E-state index >= 15 is 0 Å².